The minimum absolute atomic E-state index is 0.0903. The van der Waals surface area contributed by atoms with Gasteiger partial charge in [-0.05, 0) is 23.6 Å². The number of rotatable bonds is 5. The lowest BCUT2D eigenvalue weighted by Crippen LogP contribution is -2.38. The van der Waals surface area contributed by atoms with E-state index in [0.29, 0.717) is 0 Å². The van der Waals surface area contributed by atoms with Crippen molar-refractivity contribution < 1.29 is 9.59 Å². The van der Waals surface area contributed by atoms with Crippen molar-refractivity contribution in [2.75, 3.05) is 0 Å². The molecule has 102 valence electrons. The smallest absolute Gasteiger partial charge is 0.228 e. The maximum Gasteiger partial charge on any atom is 0.228 e. The first-order valence-electron chi connectivity index (χ1n) is 6.47. The zero-order valence-corrected chi connectivity index (χ0v) is 11.4. The molecule has 0 spiro atoms. The highest BCUT2D eigenvalue weighted by atomic mass is 16.1. The topological polar surface area (TPSA) is 60.2 Å². The van der Waals surface area contributed by atoms with Crippen LogP contribution < -0.4 is 5.73 Å². The van der Waals surface area contributed by atoms with Gasteiger partial charge in [0.05, 0.1) is 5.41 Å². The standard InChI is InChI=1S/C17H17NO2/c1-17(11-12-19,16(18)20)15-9-7-14(8-10-15)13-5-3-2-4-6-13/h2-10,12H,11H2,1H3,(H2,18,20). The van der Waals surface area contributed by atoms with Crippen LogP contribution in [0.3, 0.4) is 0 Å². The summed E-state index contributed by atoms with van der Waals surface area (Å²) in [4.78, 5) is 22.4. The number of primary amides is 1. The van der Waals surface area contributed by atoms with Crippen LogP contribution in [-0.4, -0.2) is 12.2 Å². The first kappa shape index (κ1) is 14.0. The first-order chi connectivity index (χ1) is 9.58. The molecule has 2 aromatic rings. The molecule has 1 amide bonds. The average molecular weight is 267 g/mol. The Hall–Kier alpha value is -2.42. The van der Waals surface area contributed by atoms with E-state index < -0.39 is 11.3 Å². The number of hydrogen-bond acceptors (Lipinski definition) is 2. The maximum atomic E-state index is 11.6. The Balaban J connectivity index is 2.37. The summed E-state index contributed by atoms with van der Waals surface area (Å²) in [6.07, 6.45) is 0.822. The van der Waals surface area contributed by atoms with Crippen LogP contribution in [-0.2, 0) is 15.0 Å². The molecule has 0 radical (unpaired) electrons. The quantitative estimate of drug-likeness (QED) is 0.847. The third-order valence-corrected chi connectivity index (χ3v) is 3.66. The second-order valence-corrected chi connectivity index (χ2v) is 5.01. The van der Waals surface area contributed by atoms with Crippen LogP contribution in [0.2, 0.25) is 0 Å². The van der Waals surface area contributed by atoms with E-state index in [1.807, 2.05) is 54.6 Å². The summed E-state index contributed by atoms with van der Waals surface area (Å²) in [5.41, 5.74) is 7.42. The van der Waals surface area contributed by atoms with Gasteiger partial charge in [-0.15, -0.1) is 0 Å². The zero-order chi connectivity index (χ0) is 14.6. The van der Waals surface area contributed by atoms with Crippen LogP contribution in [0.25, 0.3) is 11.1 Å². The van der Waals surface area contributed by atoms with E-state index in [1.165, 1.54) is 0 Å². The molecule has 20 heavy (non-hydrogen) atoms. The highest BCUT2D eigenvalue weighted by Gasteiger charge is 2.32. The number of carbonyl (C=O) groups is 2. The van der Waals surface area contributed by atoms with Gasteiger partial charge in [-0.25, -0.2) is 0 Å². The number of hydrogen-bond donors (Lipinski definition) is 1. The lowest BCUT2D eigenvalue weighted by atomic mass is 9.79. The van der Waals surface area contributed by atoms with Crippen molar-refractivity contribution in [2.24, 2.45) is 5.73 Å². The third kappa shape index (κ3) is 2.62. The van der Waals surface area contributed by atoms with E-state index in [0.717, 1.165) is 23.0 Å². The van der Waals surface area contributed by atoms with Crippen molar-refractivity contribution in [3.63, 3.8) is 0 Å². The van der Waals surface area contributed by atoms with Gasteiger partial charge in [-0.2, -0.15) is 0 Å². The second-order valence-electron chi connectivity index (χ2n) is 5.01. The van der Waals surface area contributed by atoms with E-state index >= 15 is 0 Å². The average Bonchev–Trinajstić information content (AvgIpc) is 2.48. The van der Waals surface area contributed by atoms with Crippen LogP contribution in [0.15, 0.2) is 54.6 Å². The summed E-state index contributed by atoms with van der Waals surface area (Å²) in [5.74, 6) is -0.489. The number of aldehydes is 1. The summed E-state index contributed by atoms with van der Waals surface area (Å²) < 4.78 is 0. The van der Waals surface area contributed by atoms with Crippen LogP contribution in [0, 0.1) is 0 Å². The fourth-order valence-electron chi connectivity index (χ4n) is 2.19. The van der Waals surface area contributed by atoms with Crippen LogP contribution in [0.1, 0.15) is 18.9 Å². The molecule has 2 rings (SSSR count). The summed E-state index contributed by atoms with van der Waals surface area (Å²) in [6, 6.07) is 17.6. The van der Waals surface area contributed by atoms with Gasteiger partial charge in [0.25, 0.3) is 0 Å². The molecule has 2 N–H and O–H groups in total. The fourth-order valence-corrected chi connectivity index (χ4v) is 2.19. The van der Waals surface area contributed by atoms with Crippen molar-refractivity contribution in [1.29, 1.82) is 0 Å². The Labute approximate surface area is 118 Å². The van der Waals surface area contributed by atoms with E-state index in [9.17, 15) is 9.59 Å². The molecule has 0 aliphatic heterocycles. The van der Waals surface area contributed by atoms with Crippen molar-refractivity contribution in [3.8, 4) is 11.1 Å². The summed E-state index contributed by atoms with van der Waals surface area (Å²) in [5, 5.41) is 0. The predicted octanol–water partition coefficient (Wildman–Crippen LogP) is 2.69. The van der Waals surface area contributed by atoms with Crippen LogP contribution in [0.4, 0.5) is 0 Å². The number of nitrogens with two attached hydrogens (primary N) is 1. The Kier molecular flexibility index (Phi) is 3.99. The Morgan fingerprint density at radius 3 is 2.10 bits per heavy atom. The molecule has 0 bridgehead atoms. The molecule has 0 saturated heterocycles. The molecule has 3 nitrogen and oxygen atoms in total. The molecule has 0 aromatic heterocycles. The van der Waals surface area contributed by atoms with Crippen LogP contribution >= 0.6 is 0 Å². The summed E-state index contributed by atoms with van der Waals surface area (Å²) in [6.45, 7) is 1.70. The molecular weight excluding hydrogens is 250 g/mol. The van der Waals surface area contributed by atoms with Crippen molar-refractivity contribution in [3.05, 3.63) is 60.2 Å². The Bertz CT molecular complexity index is 605. The number of benzene rings is 2. The van der Waals surface area contributed by atoms with Gasteiger partial charge in [0, 0.05) is 6.42 Å². The number of carbonyl (C=O) groups excluding carboxylic acids is 2. The van der Waals surface area contributed by atoms with E-state index in [2.05, 4.69) is 0 Å². The van der Waals surface area contributed by atoms with Crippen molar-refractivity contribution in [2.45, 2.75) is 18.8 Å². The molecule has 0 aliphatic carbocycles. The van der Waals surface area contributed by atoms with Gasteiger partial charge >= 0.3 is 0 Å². The van der Waals surface area contributed by atoms with Gasteiger partial charge in [-0.1, -0.05) is 54.6 Å². The molecule has 0 aliphatic rings. The molecule has 2 aromatic carbocycles. The first-order valence-corrected chi connectivity index (χ1v) is 6.47. The highest BCUT2D eigenvalue weighted by Crippen LogP contribution is 2.29. The molecule has 0 fully saturated rings. The molecule has 1 atom stereocenters. The second kappa shape index (κ2) is 5.70. The Morgan fingerprint density at radius 1 is 1.05 bits per heavy atom. The minimum Gasteiger partial charge on any atom is -0.369 e. The van der Waals surface area contributed by atoms with Gasteiger partial charge in [0.15, 0.2) is 0 Å². The lowest BCUT2D eigenvalue weighted by molar-refractivity contribution is -0.125. The highest BCUT2D eigenvalue weighted by molar-refractivity contribution is 5.88. The van der Waals surface area contributed by atoms with E-state index in [-0.39, 0.29) is 6.42 Å². The molecule has 3 heteroatoms. The molecule has 0 saturated carbocycles. The molecule has 0 heterocycles. The minimum atomic E-state index is -0.947. The molecular formula is C17H17NO2. The fraction of sp³-hybridized carbons (Fsp3) is 0.176. The largest absolute Gasteiger partial charge is 0.369 e. The van der Waals surface area contributed by atoms with Crippen LogP contribution in [0.5, 0.6) is 0 Å². The maximum absolute atomic E-state index is 11.6. The van der Waals surface area contributed by atoms with E-state index in [4.69, 9.17) is 5.73 Å². The lowest BCUT2D eigenvalue weighted by Gasteiger charge is -2.24. The summed E-state index contributed by atoms with van der Waals surface area (Å²) in [7, 11) is 0. The van der Waals surface area contributed by atoms with Gasteiger partial charge < -0.3 is 10.5 Å². The third-order valence-electron chi connectivity index (χ3n) is 3.66. The number of amides is 1. The van der Waals surface area contributed by atoms with E-state index in [1.54, 1.807) is 6.92 Å². The van der Waals surface area contributed by atoms with Gasteiger partial charge in [0.2, 0.25) is 5.91 Å². The zero-order valence-electron chi connectivity index (χ0n) is 11.4. The van der Waals surface area contributed by atoms with Gasteiger partial charge in [-0.3, -0.25) is 4.79 Å². The molecule has 1 unspecified atom stereocenters. The monoisotopic (exact) mass is 267 g/mol. The normalized spacial score (nSPS) is 13.4. The van der Waals surface area contributed by atoms with Crippen molar-refractivity contribution in [1.82, 2.24) is 0 Å². The van der Waals surface area contributed by atoms with Crippen molar-refractivity contribution >= 4 is 12.2 Å². The summed E-state index contributed by atoms with van der Waals surface area (Å²) >= 11 is 0. The Morgan fingerprint density at radius 2 is 1.60 bits per heavy atom. The SMILES string of the molecule is CC(CC=O)(C(N)=O)c1ccc(-c2ccccc2)cc1. The van der Waals surface area contributed by atoms with Gasteiger partial charge in [0.1, 0.15) is 6.29 Å². The predicted molar refractivity (Wildman–Crippen MR) is 79.1 cm³/mol.